The molecule has 17 heavy (non-hydrogen) atoms. The van der Waals surface area contributed by atoms with Crippen LogP contribution in [0.5, 0.6) is 0 Å². The third-order valence-corrected chi connectivity index (χ3v) is 4.05. The number of aromatic nitrogens is 1. The molecule has 0 atom stereocenters. The Morgan fingerprint density at radius 3 is 2.82 bits per heavy atom. The summed E-state index contributed by atoms with van der Waals surface area (Å²) in [5, 5.41) is 3.97. The molecule has 0 saturated heterocycles. The van der Waals surface area contributed by atoms with Gasteiger partial charge in [0.15, 0.2) is 6.20 Å². The summed E-state index contributed by atoms with van der Waals surface area (Å²) in [6.07, 6.45) is 7.38. The fraction of sp³-hybridized carbons (Fsp3) is 0.400. The average Bonchev–Trinajstić information content (AvgIpc) is 2.39. The first-order valence-electron chi connectivity index (χ1n) is 6.44. The van der Waals surface area contributed by atoms with Gasteiger partial charge in [0.2, 0.25) is 5.03 Å². The SMILES string of the molecule is CCCCCCSc1[nH+]ccc2ccccc12. The molecular formula is C15H20NS+. The van der Waals surface area contributed by atoms with Crippen LogP contribution in [0.15, 0.2) is 41.6 Å². The molecule has 0 spiro atoms. The van der Waals surface area contributed by atoms with E-state index in [1.165, 1.54) is 47.2 Å². The Hall–Kier alpha value is -1.02. The van der Waals surface area contributed by atoms with E-state index in [1.807, 2.05) is 18.0 Å². The molecule has 1 heterocycles. The number of nitrogens with one attached hydrogen (secondary N) is 1. The fourth-order valence-electron chi connectivity index (χ4n) is 1.96. The molecule has 1 aromatic carbocycles. The lowest BCUT2D eigenvalue weighted by atomic mass is 10.2. The first-order chi connectivity index (χ1) is 8.42. The molecular weight excluding hydrogens is 226 g/mol. The Bertz CT molecular complexity index is 462. The summed E-state index contributed by atoms with van der Waals surface area (Å²) in [4.78, 5) is 3.37. The molecule has 1 N–H and O–H groups in total. The number of fused-ring (bicyclic) bond motifs is 1. The largest absolute Gasteiger partial charge is 0.246 e. The van der Waals surface area contributed by atoms with Crippen molar-refractivity contribution in [3.8, 4) is 0 Å². The van der Waals surface area contributed by atoms with Crippen molar-refractivity contribution in [2.24, 2.45) is 0 Å². The lowest BCUT2D eigenvalue weighted by molar-refractivity contribution is -0.423. The molecule has 0 unspecified atom stereocenters. The molecule has 90 valence electrons. The first kappa shape index (κ1) is 12.4. The fourth-order valence-corrected chi connectivity index (χ4v) is 3.00. The van der Waals surface area contributed by atoms with Gasteiger partial charge in [-0.15, -0.1) is 0 Å². The van der Waals surface area contributed by atoms with Crippen molar-refractivity contribution in [3.05, 3.63) is 36.5 Å². The number of rotatable bonds is 6. The lowest BCUT2D eigenvalue weighted by Gasteiger charge is -2.00. The van der Waals surface area contributed by atoms with Crippen LogP contribution >= 0.6 is 11.8 Å². The molecule has 0 radical (unpaired) electrons. The maximum absolute atomic E-state index is 3.37. The van der Waals surface area contributed by atoms with E-state index in [0.29, 0.717) is 0 Å². The summed E-state index contributed by atoms with van der Waals surface area (Å²) in [5.74, 6) is 1.21. The van der Waals surface area contributed by atoms with Gasteiger partial charge >= 0.3 is 0 Å². The van der Waals surface area contributed by atoms with Crippen LogP contribution in [0.1, 0.15) is 32.6 Å². The van der Waals surface area contributed by atoms with Crippen molar-refractivity contribution in [1.29, 1.82) is 0 Å². The molecule has 0 aliphatic carbocycles. The number of hydrogen-bond acceptors (Lipinski definition) is 1. The van der Waals surface area contributed by atoms with Crippen LogP contribution in [0.4, 0.5) is 0 Å². The van der Waals surface area contributed by atoms with Crippen LogP contribution in [-0.2, 0) is 0 Å². The molecule has 0 aliphatic rings. The van der Waals surface area contributed by atoms with Crippen molar-refractivity contribution in [2.45, 2.75) is 37.6 Å². The molecule has 2 rings (SSSR count). The maximum atomic E-state index is 3.37. The Morgan fingerprint density at radius 1 is 1.06 bits per heavy atom. The van der Waals surface area contributed by atoms with Crippen LogP contribution in [0.25, 0.3) is 10.8 Å². The van der Waals surface area contributed by atoms with E-state index in [0.717, 1.165) is 0 Å². The van der Waals surface area contributed by atoms with E-state index >= 15 is 0 Å². The third-order valence-electron chi connectivity index (χ3n) is 2.93. The summed E-state index contributed by atoms with van der Waals surface area (Å²) >= 11 is 1.94. The molecule has 2 aromatic rings. The zero-order valence-electron chi connectivity index (χ0n) is 10.4. The monoisotopic (exact) mass is 246 g/mol. The molecule has 1 aromatic heterocycles. The van der Waals surface area contributed by atoms with Gasteiger partial charge in [-0.2, -0.15) is 0 Å². The quantitative estimate of drug-likeness (QED) is 0.546. The van der Waals surface area contributed by atoms with Crippen molar-refractivity contribution in [2.75, 3.05) is 5.75 Å². The van der Waals surface area contributed by atoms with Gasteiger partial charge in [0.05, 0.1) is 5.39 Å². The zero-order valence-corrected chi connectivity index (χ0v) is 11.2. The normalized spacial score (nSPS) is 10.9. The molecule has 0 aliphatic heterocycles. The van der Waals surface area contributed by atoms with Crippen LogP contribution in [0.2, 0.25) is 0 Å². The van der Waals surface area contributed by atoms with Crippen LogP contribution in [0, 0.1) is 0 Å². The third kappa shape index (κ3) is 3.47. The minimum Gasteiger partial charge on any atom is -0.205 e. The van der Waals surface area contributed by atoms with E-state index in [2.05, 4.69) is 42.2 Å². The van der Waals surface area contributed by atoms with E-state index in [-0.39, 0.29) is 0 Å². The topological polar surface area (TPSA) is 14.1 Å². The second kappa shape index (κ2) is 6.65. The van der Waals surface area contributed by atoms with Crippen LogP contribution < -0.4 is 4.98 Å². The van der Waals surface area contributed by atoms with Crippen molar-refractivity contribution < 1.29 is 4.98 Å². The highest BCUT2D eigenvalue weighted by atomic mass is 32.2. The molecule has 0 amide bonds. The van der Waals surface area contributed by atoms with Gasteiger partial charge in [0, 0.05) is 11.8 Å². The van der Waals surface area contributed by atoms with Gasteiger partial charge < -0.3 is 0 Å². The predicted octanol–water partition coefficient (Wildman–Crippen LogP) is 4.33. The number of aromatic amines is 1. The van der Waals surface area contributed by atoms with Gasteiger partial charge in [0.1, 0.15) is 0 Å². The van der Waals surface area contributed by atoms with E-state index in [1.54, 1.807) is 0 Å². The Balaban J connectivity index is 1.98. The maximum Gasteiger partial charge on any atom is 0.246 e. The van der Waals surface area contributed by atoms with Gasteiger partial charge in [0.25, 0.3) is 0 Å². The van der Waals surface area contributed by atoms with E-state index < -0.39 is 0 Å². The Labute approximate surface area is 108 Å². The number of H-pyrrole nitrogens is 1. The van der Waals surface area contributed by atoms with Gasteiger partial charge in [-0.3, -0.25) is 0 Å². The highest BCUT2D eigenvalue weighted by Gasteiger charge is 2.07. The minimum absolute atomic E-state index is 1.21. The van der Waals surface area contributed by atoms with Crippen LogP contribution in [-0.4, -0.2) is 5.75 Å². The number of thioether (sulfide) groups is 1. The Morgan fingerprint density at radius 2 is 1.94 bits per heavy atom. The number of pyridine rings is 1. The first-order valence-corrected chi connectivity index (χ1v) is 7.42. The highest BCUT2D eigenvalue weighted by molar-refractivity contribution is 7.99. The summed E-state index contributed by atoms with van der Waals surface area (Å²) in [6.45, 7) is 2.26. The average molecular weight is 246 g/mol. The van der Waals surface area contributed by atoms with Crippen molar-refractivity contribution in [1.82, 2.24) is 0 Å². The van der Waals surface area contributed by atoms with Gasteiger partial charge in [-0.1, -0.05) is 56.1 Å². The second-order valence-corrected chi connectivity index (χ2v) is 5.41. The van der Waals surface area contributed by atoms with Gasteiger partial charge in [-0.05, 0) is 17.9 Å². The molecule has 1 nitrogen and oxygen atoms in total. The zero-order chi connectivity index (χ0) is 11.9. The number of unbranched alkanes of at least 4 members (excludes halogenated alkanes) is 3. The summed E-state index contributed by atoms with van der Waals surface area (Å²) in [6, 6.07) is 10.7. The predicted molar refractivity (Wildman–Crippen MR) is 75.4 cm³/mol. The number of benzene rings is 1. The molecule has 0 saturated carbocycles. The van der Waals surface area contributed by atoms with Gasteiger partial charge in [-0.25, -0.2) is 4.98 Å². The minimum atomic E-state index is 1.21. The number of hydrogen-bond donors (Lipinski definition) is 0. The Kier molecular flexibility index (Phi) is 4.87. The smallest absolute Gasteiger partial charge is 0.205 e. The lowest BCUT2D eigenvalue weighted by Crippen LogP contribution is -2.05. The second-order valence-electron chi connectivity index (χ2n) is 4.30. The van der Waals surface area contributed by atoms with E-state index in [9.17, 15) is 0 Å². The van der Waals surface area contributed by atoms with Crippen molar-refractivity contribution >= 4 is 22.5 Å². The summed E-state index contributed by atoms with van der Waals surface area (Å²) in [7, 11) is 0. The summed E-state index contributed by atoms with van der Waals surface area (Å²) < 4.78 is 0. The van der Waals surface area contributed by atoms with E-state index in [4.69, 9.17) is 0 Å². The molecule has 0 bridgehead atoms. The molecule has 2 heteroatoms. The van der Waals surface area contributed by atoms with Crippen molar-refractivity contribution in [3.63, 3.8) is 0 Å². The van der Waals surface area contributed by atoms with Crippen LogP contribution in [0.3, 0.4) is 0 Å². The highest BCUT2D eigenvalue weighted by Crippen LogP contribution is 2.24. The molecule has 0 fully saturated rings. The summed E-state index contributed by atoms with van der Waals surface area (Å²) in [5.41, 5.74) is 0. The standard InChI is InChI=1S/C15H19NS/c1-2-3-4-7-12-17-15-14-9-6-5-8-13(14)10-11-16-15/h5-6,8-11H,2-4,7,12H2,1H3/p+1.